The van der Waals surface area contributed by atoms with Gasteiger partial charge in [0.2, 0.25) is 0 Å². The van der Waals surface area contributed by atoms with Crippen molar-refractivity contribution in [3.05, 3.63) is 101 Å². The van der Waals surface area contributed by atoms with E-state index in [1.807, 2.05) is 30.3 Å². The summed E-state index contributed by atoms with van der Waals surface area (Å²) in [5.41, 5.74) is 4.97. The molecule has 1 amide bonds. The summed E-state index contributed by atoms with van der Waals surface area (Å²) in [6, 6.07) is 22.9. The Morgan fingerprint density at radius 1 is 0.897 bits per heavy atom. The van der Waals surface area contributed by atoms with E-state index in [1.165, 1.54) is 6.08 Å². The lowest BCUT2D eigenvalue weighted by atomic mass is 10.2. The molecule has 0 bridgehead atoms. The van der Waals surface area contributed by atoms with Crippen molar-refractivity contribution in [1.82, 2.24) is 0 Å². The van der Waals surface area contributed by atoms with Gasteiger partial charge in [-0.05, 0) is 60.2 Å². The molecule has 6 nitrogen and oxygen atoms in total. The standard InChI is InChI=1S/C22H16BrN3O3/c23-18-9-7-17(8-10-18)22(28)25-24-19-11-13-20(14-12-19)26-29-21(27)15-6-16-4-2-1-3-5-16/h1-15,26H/b15-6+,25-24?. The quantitative estimate of drug-likeness (QED) is 0.286. The van der Waals surface area contributed by atoms with Crippen molar-refractivity contribution in [2.45, 2.75) is 0 Å². The van der Waals surface area contributed by atoms with Gasteiger partial charge < -0.3 is 4.84 Å². The Hall–Kier alpha value is -3.58. The van der Waals surface area contributed by atoms with Crippen molar-refractivity contribution in [1.29, 1.82) is 0 Å². The van der Waals surface area contributed by atoms with Gasteiger partial charge in [0.1, 0.15) is 0 Å². The zero-order valence-electron chi connectivity index (χ0n) is 15.2. The Labute approximate surface area is 176 Å². The smallest absolute Gasteiger partial charge is 0.339 e. The summed E-state index contributed by atoms with van der Waals surface area (Å²) >= 11 is 3.31. The molecular weight excluding hydrogens is 434 g/mol. The summed E-state index contributed by atoms with van der Waals surface area (Å²) in [5.74, 6) is -0.962. The first-order valence-corrected chi connectivity index (χ1v) is 9.41. The van der Waals surface area contributed by atoms with Crippen LogP contribution in [0, 0.1) is 0 Å². The Bertz CT molecular complexity index is 1030. The van der Waals surface area contributed by atoms with E-state index < -0.39 is 11.9 Å². The molecule has 0 radical (unpaired) electrons. The number of rotatable bonds is 6. The Balaban J connectivity index is 1.50. The minimum absolute atomic E-state index is 0.432. The van der Waals surface area contributed by atoms with Gasteiger partial charge in [-0.1, -0.05) is 46.3 Å². The third kappa shape index (κ3) is 6.51. The summed E-state index contributed by atoms with van der Waals surface area (Å²) < 4.78 is 0.880. The molecule has 0 aliphatic rings. The Kier molecular flexibility index (Phi) is 7.02. The highest BCUT2D eigenvalue weighted by Gasteiger charge is 2.04. The highest BCUT2D eigenvalue weighted by Crippen LogP contribution is 2.18. The monoisotopic (exact) mass is 449 g/mol. The van der Waals surface area contributed by atoms with Crippen molar-refractivity contribution in [3.8, 4) is 0 Å². The zero-order valence-corrected chi connectivity index (χ0v) is 16.7. The first kappa shape index (κ1) is 20.2. The number of hydrogen-bond donors (Lipinski definition) is 1. The van der Waals surface area contributed by atoms with Crippen molar-refractivity contribution < 1.29 is 14.4 Å². The zero-order chi connectivity index (χ0) is 20.5. The van der Waals surface area contributed by atoms with Crippen molar-refractivity contribution >= 4 is 45.3 Å². The largest absolute Gasteiger partial charge is 0.355 e. The molecule has 29 heavy (non-hydrogen) atoms. The third-order valence-electron chi connectivity index (χ3n) is 3.70. The fourth-order valence-corrected chi connectivity index (χ4v) is 2.49. The van der Waals surface area contributed by atoms with E-state index in [0.29, 0.717) is 16.9 Å². The van der Waals surface area contributed by atoms with Gasteiger partial charge >= 0.3 is 5.97 Å². The van der Waals surface area contributed by atoms with Crippen LogP contribution >= 0.6 is 15.9 Å². The van der Waals surface area contributed by atoms with Crippen LogP contribution in [0.1, 0.15) is 15.9 Å². The van der Waals surface area contributed by atoms with E-state index in [1.54, 1.807) is 54.6 Å². The van der Waals surface area contributed by atoms with Gasteiger partial charge in [-0.25, -0.2) is 10.3 Å². The van der Waals surface area contributed by atoms with Gasteiger partial charge in [0.25, 0.3) is 5.91 Å². The molecule has 0 heterocycles. The van der Waals surface area contributed by atoms with Crippen LogP contribution in [-0.4, -0.2) is 11.9 Å². The molecule has 0 saturated heterocycles. The second kappa shape index (κ2) is 10.1. The number of nitrogens with one attached hydrogen (secondary N) is 1. The highest BCUT2D eigenvalue weighted by atomic mass is 79.9. The summed E-state index contributed by atoms with van der Waals surface area (Å²) in [6.45, 7) is 0. The van der Waals surface area contributed by atoms with Crippen molar-refractivity contribution in [3.63, 3.8) is 0 Å². The van der Waals surface area contributed by atoms with E-state index >= 15 is 0 Å². The molecule has 3 aromatic carbocycles. The normalized spacial score (nSPS) is 10.9. The molecule has 0 atom stereocenters. The topological polar surface area (TPSA) is 80.1 Å². The third-order valence-corrected chi connectivity index (χ3v) is 4.22. The number of hydrogen-bond acceptors (Lipinski definition) is 5. The summed E-state index contributed by atoms with van der Waals surface area (Å²) in [6.07, 6.45) is 2.99. The molecule has 0 unspecified atom stereocenters. The lowest BCUT2D eigenvalue weighted by Crippen LogP contribution is -2.07. The number of nitrogens with zero attached hydrogens (tertiary/aromatic N) is 2. The Morgan fingerprint density at radius 3 is 2.28 bits per heavy atom. The Morgan fingerprint density at radius 2 is 1.59 bits per heavy atom. The maximum absolute atomic E-state index is 12.0. The van der Waals surface area contributed by atoms with Crippen molar-refractivity contribution in [2.75, 3.05) is 5.48 Å². The maximum atomic E-state index is 12.0. The lowest BCUT2D eigenvalue weighted by Gasteiger charge is -2.04. The molecule has 3 aromatic rings. The number of benzene rings is 3. The molecule has 0 fully saturated rings. The second-order valence-corrected chi connectivity index (χ2v) is 6.74. The number of carbonyl (C=O) groups excluding carboxylic acids is 2. The van der Waals surface area contributed by atoms with Crippen LogP contribution in [0.5, 0.6) is 0 Å². The van der Waals surface area contributed by atoms with E-state index in [4.69, 9.17) is 4.84 Å². The minimum atomic E-state index is -0.530. The van der Waals surface area contributed by atoms with Crippen LogP contribution in [0.2, 0.25) is 0 Å². The first-order chi connectivity index (χ1) is 14.1. The predicted molar refractivity (Wildman–Crippen MR) is 115 cm³/mol. The van der Waals surface area contributed by atoms with Gasteiger partial charge in [0, 0.05) is 16.1 Å². The van der Waals surface area contributed by atoms with E-state index in [9.17, 15) is 9.59 Å². The molecule has 1 N–H and O–H groups in total. The number of anilines is 1. The van der Waals surface area contributed by atoms with Crippen LogP contribution in [0.25, 0.3) is 6.08 Å². The molecule has 3 rings (SSSR count). The summed E-state index contributed by atoms with van der Waals surface area (Å²) in [7, 11) is 0. The predicted octanol–water partition coefficient (Wildman–Crippen LogP) is 5.96. The molecule has 144 valence electrons. The van der Waals surface area contributed by atoms with Gasteiger partial charge in [0.05, 0.1) is 11.4 Å². The van der Waals surface area contributed by atoms with E-state index in [0.717, 1.165) is 10.0 Å². The van der Waals surface area contributed by atoms with Crippen LogP contribution in [0.15, 0.2) is 99.6 Å². The van der Waals surface area contributed by atoms with E-state index in [2.05, 4.69) is 31.6 Å². The molecule has 0 spiro atoms. The molecule has 0 aliphatic heterocycles. The maximum Gasteiger partial charge on any atom is 0.355 e. The molecule has 7 heteroatoms. The lowest BCUT2D eigenvalue weighted by molar-refractivity contribution is -0.134. The van der Waals surface area contributed by atoms with Crippen LogP contribution in [0.3, 0.4) is 0 Å². The SMILES string of the molecule is O=C(/C=C/c1ccccc1)ONc1ccc(N=NC(=O)c2ccc(Br)cc2)cc1. The summed E-state index contributed by atoms with van der Waals surface area (Å²) in [5, 5.41) is 7.63. The molecule has 0 saturated carbocycles. The van der Waals surface area contributed by atoms with Crippen molar-refractivity contribution in [2.24, 2.45) is 10.2 Å². The first-order valence-electron chi connectivity index (χ1n) is 8.62. The highest BCUT2D eigenvalue weighted by molar-refractivity contribution is 9.10. The van der Waals surface area contributed by atoms with Crippen LogP contribution in [0.4, 0.5) is 11.4 Å². The fourth-order valence-electron chi connectivity index (χ4n) is 2.22. The minimum Gasteiger partial charge on any atom is -0.339 e. The second-order valence-electron chi connectivity index (χ2n) is 5.83. The molecule has 0 aromatic heterocycles. The van der Waals surface area contributed by atoms with Gasteiger partial charge in [-0.2, -0.15) is 0 Å². The number of amides is 1. The summed E-state index contributed by atoms with van der Waals surface area (Å²) in [4.78, 5) is 28.7. The van der Waals surface area contributed by atoms with Crippen LogP contribution in [-0.2, 0) is 9.63 Å². The molecule has 0 aliphatic carbocycles. The molecular formula is C22H16BrN3O3. The van der Waals surface area contributed by atoms with Gasteiger partial charge in [-0.3, -0.25) is 4.79 Å². The average Bonchev–Trinajstić information content (AvgIpc) is 2.76. The fraction of sp³-hybridized carbons (Fsp3) is 0. The van der Waals surface area contributed by atoms with E-state index in [-0.39, 0.29) is 0 Å². The van der Waals surface area contributed by atoms with Crippen LogP contribution < -0.4 is 5.48 Å². The van der Waals surface area contributed by atoms with Gasteiger partial charge in [0.15, 0.2) is 0 Å². The number of halogens is 1. The van der Waals surface area contributed by atoms with Gasteiger partial charge in [-0.15, -0.1) is 10.2 Å². The number of carbonyl (C=O) groups is 2. The average molecular weight is 450 g/mol. The number of azo groups is 1.